The van der Waals surface area contributed by atoms with Gasteiger partial charge in [0.05, 0.1) is 11.6 Å². The molecule has 1 aromatic heterocycles. The number of para-hydroxylation sites is 1. The fraction of sp³-hybridized carbons (Fsp3) is 0.500. The van der Waals surface area contributed by atoms with Gasteiger partial charge < -0.3 is 5.11 Å². The van der Waals surface area contributed by atoms with Gasteiger partial charge in [0.15, 0.2) is 0 Å². The summed E-state index contributed by atoms with van der Waals surface area (Å²) in [5.74, 6) is 1.06. The Morgan fingerprint density at radius 3 is 2.85 bits per heavy atom. The van der Waals surface area contributed by atoms with Crippen LogP contribution in [0.25, 0.3) is 10.9 Å². The van der Waals surface area contributed by atoms with Crippen LogP contribution in [0.15, 0.2) is 36.5 Å². The first-order chi connectivity index (χ1) is 9.81. The third kappa shape index (κ3) is 2.45. The standard InChI is InChI=1S/C18H23NO/c1-2-13-7-3-4-8-14(13)18(20)16-11-12-19-17-10-6-5-9-15(16)17/h5-6,9-14,18,20H,2-4,7-8H2,1H3. The van der Waals surface area contributed by atoms with Crippen molar-refractivity contribution in [1.29, 1.82) is 0 Å². The van der Waals surface area contributed by atoms with Crippen molar-refractivity contribution >= 4 is 10.9 Å². The maximum absolute atomic E-state index is 10.9. The SMILES string of the molecule is CCC1CCCCC1C(O)c1ccnc2ccccc12. The van der Waals surface area contributed by atoms with Gasteiger partial charge in [0.2, 0.25) is 0 Å². The predicted molar refractivity (Wildman–Crippen MR) is 82.4 cm³/mol. The van der Waals surface area contributed by atoms with Gasteiger partial charge in [0.25, 0.3) is 0 Å². The first-order valence-corrected chi connectivity index (χ1v) is 7.83. The average molecular weight is 269 g/mol. The Morgan fingerprint density at radius 2 is 2.00 bits per heavy atom. The maximum Gasteiger partial charge on any atom is 0.0827 e. The van der Waals surface area contributed by atoms with Gasteiger partial charge in [0.1, 0.15) is 0 Å². The normalized spacial score (nSPS) is 24.7. The van der Waals surface area contributed by atoms with Gasteiger partial charge in [-0.25, -0.2) is 0 Å². The van der Waals surface area contributed by atoms with Crippen molar-refractivity contribution < 1.29 is 5.11 Å². The summed E-state index contributed by atoms with van der Waals surface area (Å²) in [5.41, 5.74) is 2.04. The van der Waals surface area contributed by atoms with E-state index >= 15 is 0 Å². The Labute approximate surface area is 120 Å². The molecule has 1 aromatic carbocycles. The molecule has 0 saturated heterocycles. The van der Waals surface area contributed by atoms with Crippen LogP contribution in [0, 0.1) is 11.8 Å². The van der Waals surface area contributed by atoms with Crippen LogP contribution in [-0.4, -0.2) is 10.1 Å². The highest BCUT2D eigenvalue weighted by Crippen LogP contribution is 2.41. The van der Waals surface area contributed by atoms with Gasteiger partial charge >= 0.3 is 0 Å². The Hall–Kier alpha value is -1.41. The van der Waals surface area contributed by atoms with Crippen molar-refractivity contribution in [3.63, 3.8) is 0 Å². The van der Waals surface area contributed by atoms with Crippen LogP contribution in [-0.2, 0) is 0 Å². The first-order valence-electron chi connectivity index (χ1n) is 7.83. The Balaban J connectivity index is 1.97. The van der Waals surface area contributed by atoms with Gasteiger partial charge in [-0.1, -0.05) is 50.8 Å². The van der Waals surface area contributed by atoms with E-state index in [-0.39, 0.29) is 6.10 Å². The molecule has 1 aliphatic rings. The molecule has 0 radical (unpaired) electrons. The number of rotatable bonds is 3. The summed E-state index contributed by atoms with van der Waals surface area (Å²) in [4.78, 5) is 4.40. The zero-order valence-corrected chi connectivity index (χ0v) is 12.1. The molecule has 106 valence electrons. The number of hydrogen-bond acceptors (Lipinski definition) is 2. The highest BCUT2D eigenvalue weighted by atomic mass is 16.3. The van der Waals surface area contributed by atoms with E-state index in [9.17, 15) is 5.11 Å². The van der Waals surface area contributed by atoms with Crippen molar-refractivity contribution in [3.05, 3.63) is 42.1 Å². The fourth-order valence-electron chi connectivity index (χ4n) is 3.77. The molecule has 1 heterocycles. The minimum Gasteiger partial charge on any atom is -0.388 e. The highest BCUT2D eigenvalue weighted by molar-refractivity contribution is 5.82. The predicted octanol–water partition coefficient (Wildman–Crippen LogP) is 4.48. The number of aliphatic hydroxyl groups excluding tert-OH is 1. The van der Waals surface area contributed by atoms with Crippen molar-refractivity contribution in [2.45, 2.75) is 45.1 Å². The van der Waals surface area contributed by atoms with E-state index in [1.54, 1.807) is 0 Å². The summed E-state index contributed by atoms with van der Waals surface area (Å²) in [6, 6.07) is 10.1. The molecule has 3 rings (SSSR count). The van der Waals surface area contributed by atoms with Crippen LogP contribution in [0.1, 0.15) is 50.7 Å². The molecule has 2 nitrogen and oxygen atoms in total. The van der Waals surface area contributed by atoms with Crippen LogP contribution >= 0.6 is 0 Å². The molecule has 1 N–H and O–H groups in total. The van der Waals surface area contributed by atoms with E-state index in [1.165, 1.54) is 25.7 Å². The van der Waals surface area contributed by atoms with Gasteiger partial charge in [0, 0.05) is 11.6 Å². The number of benzene rings is 1. The Morgan fingerprint density at radius 1 is 1.20 bits per heavy atom. The molecular formula is C18H23NO. The molecule has 20 heavy (non-hydrogen) atoms. The average Bonchev–Trinajstić information content (AvgIpc) is 2.53. The summed E-state index contributed by atoms with van der Waals surface area (Å²) in [6.07, 6.45) is 7.63. The summed E-state index contributed by atoms with van der Waals surface area (Å²) in [5, 5.41) is 12.0. The lowest BCUT2D eigenvalue weighted by Gasteiger charge is -2.34. The Bertz CT molecular complexity index is 575. The molecule has 0 bridgehead atoms. The summed E-state index contributed by atoms with van der Waals surface area (Å²) in [6.45, 7) is 2.25. The third-order valence-corrected chi connectivity index (χ3v) is 4.90. The van der Waals surface area contributed by atoms with Crippen LogP contribution in [0.4, 0.5) is 0 Å². The van der Waals surface area contributed by atoms with Crippen LogP contribution in [0.2, 0.25) is 0 Å². The molecule has 1 fully saturated rings. The molecule has 0 aliphatic heterocycles. The summed E-state index contributed by atoms with van der Waals surface area (Å²) in [7, 11) is 0. The van der Waals surface area contributed by atoms with E-state index in [0.717, 1.165) is 22.9 Å². The second-order valence-corrected chi connectivity index (χ2v) is 5.98. The van der Waals surface area contributed by atoms with E-state index in [1.807, 2.05) is 30.5 Å². The number of nitrogens with zero attached hydrogens (tertiary/aromatic N) is 1. The minimum absolute atomic E-state index is 0.354. The number of fused-ring (bicyclic) bond motifs is 1. The van der Waals surface area contributed by atoms with Crippen molar-refractivity contribution in [2.75, 3.05) is 0 Å². The van der Waals surface area contributed by atoms with Crippen molar-refractivity contribution in [3.8, 4) is 0 Å². The molecule has 1 aliphatic carbocycles. The first kappa shape index (κ1) is 13.6. The van der Waals surface area contributed by atoms with Gasteiger partial charge in [-0.05, 0) is 36.0 Å². The number of aromatic nitrogens is 1. The molecule has 2 aromatic rings. The molecule has 1 saturated carbocycles. The van der Waals surface area contributed by atoms with Gasteiger partial charge in [-0.15, -0.1) is 0 Å². The Kier molecular flexibility index (Phi) is 4.02. The maximum atomic E-state index is 10.9. The molecule has 3 atom stereocenters. The third-order valence-electron chi connectivity index (χ3n) is 4.90. The smallest absolute Gasteiger partial charge is 0.0827 e. The van der Waals surface area contributed by atoms with Crippen molar-refractivity contribution in [1.82, 2.24) is 4.98 Å². The zero-order valence-electron chi connectivity index (χ0n) is 12.1. The van der Waals surface area contributed by atoms with Crippen LogP contribution in [0.3, 0.4) is 0 Å². The van der Waals surface area contributed by atoms with Gasteiger partial charge in [-0.3, -0.25) is 4.98 Å². The topological polar surface area (TPSA) is 33.1 Å². The quantitative estimate of drug-likeness (QED) is 0.891. The van der Waals surface area contributed by atoms with Crippen LogP contribution in [0.5, 0.6) is 0 Å². The molecule has 0 spiro atoms. The number of hydrogen-bond donors (Lipinski definition) is 1. The second kappa shape index (κ2) is 5.92. The second-order valence-electron chi connectivity index (χ2n) is 5.98. The number of pyridine rings is 1. The van der Waals surface area contributed by atoms with Gasteiger partial charge in [-0.2, -0.15) is 0 Å². The van der Waals surface area contributed by atoms with E-state index in [2.05, 4.69) is 18.0 Å². The number of aliphatic hydroxyl groups is 1. The largest absolute Gasteiger partial charge is 0.388 e. The van der Waals surface area contributed by atoms with Crippen LogP contribution < -0.4 is 0 Å². The summed E-state index contributed by atoms with van der Waals surface area (Å²) < 4.78 is 0. The monoisotopic (exact) mass is 269 g/mol. The zero-order chi connectivity index (χ0) is 13.9. The van der Waals surface area contributed by atoms with E-state index in [4.69, 9.17) is 0 Å². The molecule has 2 heteroatoms. The van der Waals surface area contributed by atoms with E-state index < -0.39 is 0 Å². The summed E-state index contributed by atoms with van der Waals surface area (Å²) >= 11 is 0. The highest BCUT2D eigenvalue weighted by Gasteiger charge is 2.31. The molecule has 0 amide bonds. The fourth-order valence-corrected chi connectivity index (χ4v) is 3.77. The molecule has 3 unspecified atom stereocenters. The molecular weight excluding hydrogens is 246 g/mol. The lowest BCUT2D eigenvalue weighted by atomic mass is 9.73. The van der Waals surface area contributed by atoms with E-state index in [0.29, 0.717) is 11.8 Å². The lowest BCUT2D eigenvalue weighted by molar-refractivity contribution is 0.0462. The lowest BCUT2D eigenvalue weighted by Crippen LogP contribution is -2.25. The minimum atomic E-state index is -0.354. The van der Waals surface area contributed by atoms with Crippen molar-refractivity contribution in [2.24, 2.45) is 11.8 Å².